The second kappa shape index (κ2) is 18.6. The standard InChI is InChI=1S/C33H49N3O2S/c1-3-4-5-6-7-8-9-10-11-12-13-14-22-38-32-20-16-18-30(25-32)27-36(33(37)34-2)31-19-15-17-29(24-31)26-35-21-23-39-28-35/h15-21,23-25H,3-14,22,26-28H2,1-2H3,(H,34,37). The number of rotatable bonds is 19. The topological polar surface area (TPSA) is 44.8 Å². The first-order valence-corrected chi connectivity index (χ1v) is 16.1. The molecule has 0 radical (unpaired) electrons. The molecule has 0 aromatic heterocycles. The molecule has 0 bridgehead atoms. The van der Waals surface area contributed by atoms with Crippen molar-refractivity contribution in [2.75, 3.05) is 24.4 Å². The van der Waals surface area contributed by atoms with Crippen molar-refractivity contribution in [2.24, 2.45) is 0 Å². The van der Waals surface area contributed by atoms with Crippen LogP contribution in [0.3, 0.4) is 0 Å². The van der Waals surface area contributed by atoms with Gasteiger partial charge in [-0.3, -0.25) is 4.90 Å². The van der Waals surface area contributed by atoms with Crippen LogP contribution in [0.1, 0.15) is 95.1 Å². The summed E-state index contributed by atoms with van der Waals surface area (Å²) in [4.78, 5) is 16.9. The number of ether oxygens (including phenoxy) is 1. The lowest BCUT2D eigenvalue weighted by Crippen LogP contribution is -2.37. The van der Waals surface area contributed by atoms with Crippen molar-refractivity contribution >= 4 is 23.5 Å². The van der Waals surface area contributed by atoms with Gasteiger partial charge in [0.05, 0.1) is 19.0 Å². The van der Waals surface area contributed by atoms with E-state index in [0.717, 1.165) is 42.4 Å². The van der Waals surface area contributed by atoms with Gasteiger partial charge in [0.1, 0.15) is 5.75 Å². The van der Waals surface area contributed by atoms with Gasteiger partial charge in [0.25, 0.3) is 0 Å². The Balaban J connectivity index is 1.40. The van der Waals surface area contributed by atoms with Crippen molar-refractivity contribution < 1.29 is 9.53 Å². The van der Waals surface area contributed by atoms with E-state index in [9.17, 15) is 4.79 Å². The molecule has 1 aliphatic rings. The van der Waals surface area contributed by atoms with Crippen molar-refractivity contribution in [3.63, 3.8) is 0 Å². The highest BCUT2D eigenvalue weighted by Crippen LogP contribution is 2.24. The molecule has 2 aromatic carbocycles. The summed E-state index contributed by atoms with van der Waals surface area (Å²) in [6, 6.07) is 16.3. The third-order valence-corrected chi connectivity index (χ3v) is 7.98. The third kappa shape index (κ3) is 12.0. The van der Waals surface area contributed by atoms with Crippen LogP contribution in [0.2, 0.25) is 0 Å². The normalized spacial score (nSPS) is 12.6. The smallest absolute Gasteiger partial charge is 0.321 e. The first-order valence-electron chi connectivity index (χ1n) is 15.0. The number of carbonyl (C=O) groups excluding carboxylic acids is 1. The molecule has 214 valence electrons. The summed E-state index contributed by atoms with van der Waals surface area (Å²) in [5.41, 5.74) is 3.13. The van der Waals surface area contributed by atoms with Crippen LogP contribution in [0.15, 0.2) is 60.1 Å². The number of carbonyl (C=O) groups is 1. The molecule has 2 amide bonds. The molecule has 1 N–H and O–H groups in total. The Bertz CT molecular complexity index is 996. The van der Waals surface area contributed by atoms with E-state index in [-0.39, 0.29) is 6.03 Å². The first-order chi connectivity index (χ1) is 19.2. The highest BCUT2D eigenvalue weighted by molar-refractivity contribution is 8.02. The number of anilines is 1. The summed E-state index contributed by atoms with van der Waals surface area (Å²) >= 11 is 1.80. The highest BCUT2D eigenvalue weighted by Gasteiger charge is 2.16. The van der Waals surface area contributed by atoms with E-state index in [0.29, 0.717) is 6.54 Å². The van der Waals surface area contributed by atoms with Crippen LogP contribution in [-0.4, -0.2) is 30.5 Å². The van der Waals surface area contributed by atoms with Gasteiger partial charge in [0, 0.05) is 25.5 Å². The SMILES string of the molecule is CCCCCCCCCCCCCCOc1cccc(CN(C(=O)NC)c2cccc(CN3C=CSC3)c2)c1. The predicted octanol–water partition coefficient (Wildman–Crippen LogP) is 9.09. The number of unbranched alkanes of at least 4 members (excludes halogenated alkanes) is 11. The molecule has 1 heterocycles. The van der Waals surface area contributed by atoms with Gasteiger partial charge in [-0.2, -0.15) is 0 Å². The summed E-state index contributed by atoms with van der Waals surface area (Å²) in [6.45, 7) is 4.34. The highest BCUT2D eigenvalue weighted by atomic mass is 32.2. The summed E-state index contributed by atoms with van der Waals surface area (Å²) in [6.07, 6.45) is 18.2. The van der Waals surface area contributed by atoms with Crippen molar-refractivity contribution in [2.45, 2.75) is 97.1 Å². The zero-order valence-electron chi connectivity index (χ0n) is 24.2. The van der Waals surface area contributed by atoms with Crippen LogP contribution < -0.4 is 15.0 Å². The first kappa shape index (κ1) is 30.9. The van der Waals surface area contributed by atoms with E-state index in [2.05, 4.69) is 53.0 Å². The fourth-order valence-electron chi connectivity index (χ4n) is 4.93. The number of hydrogen-bond acceptors (Lipinski definition) is 4. The molecule has 0 spiro atoms. The zero-order valence-corrected chi connectivity index (χ0v) is 25.0. The van der Waals surface area contributed by atoms with Gasteiger partial charge in [0.2, 0.25) is 0 Å². The second-order valence-electron chi connectivity index (χ2n) is 10.5. The molecule has 5 nitrogen and oxygen atoms in total. The molecule has 0 aliphatic carbocycles. The maximum Gasteiger partial charge on any atom is 0.321 e. The largest absolute Gasteiger partial charge is 0.494 e. The Labute approximate surface area is 241 Å². The van der Waals surface area contributed by atoms with Gasteiger partial charge in [-0.1, -0.05) is 102 Å². The molecule has 2 aromatic rings. The van der Waals surface area contributed by atoms with Gasteiger partial charge >= 0.3 is 6.03 Å². The second-order valence-corrected chi connectivity index (χ2v) is 11.4. The average molecular weight is 552 g/mol. The third-order valence-electron chi connectivity index (χ3n) is 7.18. The molecule has 1 aliphatic heterocycles. The van der Waals surface area contributed by atoms with E-state index in [1.807, 2.05) is 24.3 Å². The number of amides is 2. The number of thioether (sulfide) groups is 1. The number of hydrogen-bond donors (Lipinski definition) is 1. The Hall–Kier alpha value is -2.60. The minimum Gasteiger partial charge on any atom is -0.494 e. The van der Waals surface area contributed by atoms with Gasteiger partial charge < -0.3 is 15.0 Å². The summed E-state index contributed by atoms with van der Waals surface area (Å²) < 4.78 is 6.07. The van der Waals surface area contributed by atoms with E-state index >= 15 is 0 Å². The van der Waals surface area contributed by atoms with Gasteiger partial charge in [-0.25, -0.2) is 4.79 Å². The van der Waals surface area contributed by atoms with Crippen LogP contribution in [0.5, 0.6) is 5.75 Å². The molecular formula is C33H49N3O2S. The monoisotopic (exact) mass is 551 g/mol. The van der Waals surface area contributed by atoms with Crippen molar-refractivity contribution in [1.82, 2.24) is 10.2 Å². The minimum absolute atomic E-state index is 0.119. The number of urea groups is 1. The van der Waals surface area contributed by atoms with Crippen molar-refractivity contribution in [3.05, 3.63) is 71.3 Å². The lowest BCUT2D eigenvalue weighted by Gasteiger charge is -2.24. The minimum atomic E-state index is -0.119. The van der Waals surface area contributed by atoms with Crippen molar-refractivity contribution in [3.8, 4) is 5.75 Å². The molecule has 0 unspecified atom stereocenters. The summed E-state index contributed by atoms with van der Waals surface area (Å²) in [5.74, 6) is 1.84. The molecule has 0 saturated heterocycles. The van der Waals surface area contributed by atoms with Crippen LogP contribution in [0, 0.1) is 0 Å². The van der Waals surface area contributed by atoms with Crippen LogP contribution in [-0.2, 0) is 13.1 Å². The van der Waals surface area contributed by atoms with E-state index in [1.165, 1.54) is 76.2 Å². The maximum atomic E-state index is 12.8. The van der Waals surface area contributed by atoms with E-state index in [4.69, 9.17) is 4.74 Å². The molecule has 0 saturated carbocycles. The molecule has 3 rings (SSSR count). The molecule has 0 atom stereocenters. The Morgan fingerprint density at radius 3 is 2.23 bits per heavy atom. The number of benzene rings is 2. The average Bonchev–Trinajstić information content (AvgIpc) is 3.47. The van der Waals surface area contributed by atoms with Gasteiger partial charge in [-0.05, 0) is 47.2 Å². The number of nitrogens with one attached hydrogen (secondary N) is 1. The van der Waals surface area contributed by atoms with Gasteiger partial charge in [-0.15, -0.1) is 11.8 Å². The summed E-state index contributed by atoms with van der Waals surface area (Å²) in [7, 11) is 1.68. The summed E-state index contributed by atoms with van der Waals surface area (Å²) in [5, 5.41) is 4.92. The molecular weight excluding hydrogens is 502 g/mol. The molecule has 0 fully saturated rings. The molecule has 39 heavy (non-hydrogen) atoms. The van der Waals surface area contributed by atoms with E-state index in [1.54, 1.807) is 23.7 Å². The van der Waals surface area contributed by atoms with Crippen molar-refractivity contribution in [1.29, 1.82) is 0 Å². The zero-order chi connectivity index (χ0) is 27.5. The Morgan fingerprint density at radius 2 is 1.56 bits per heavy atom. The number of nitrogens with zero attached hydrogens (tertiary/aromatic N) is 2. The van der Waals surface area contributed by atoms with Crippen LogP contribution >= 0.6 is 11.8 Å². The van der Waals surface area contributed by atoms with Gasteiger partial charge in [0.15, 0.2) is 0 Å². The quantitative estimate of drug-likeness (QED) is 0.177. The Morgan fingerprint density at radius 1 is 0.897 bits per heavy atom. The Kier molecular flexibility index (Phi) is 14.8. The van der Waals surface area contributed by atoms with Crippen LogP contribution in [0.25, 0.3) is 0 Å². The van der Waals surface area contributed by atoms with Crippen LogP contribution in [0.4, 0.5) is 10.5 Å². The predicted molar refractivity (Wildman–Crippen MR) is 167 cm³/mol. The van der Waals surface area contributed by atoms with E-state index < -0.39 is 0 Å². The lowest BCUT2D eigenvalue weighted by atomic mass is 10.1. The maximum absolute atomic E-state index is 12.8. The molecule has 6 heteroatoms. The lowest BCUT2D eigenvalue weighted by molar-refractivity contribution is 0.248. The fourth-order valence-corrected chi connectivity index (χ4v) is 5.64. The fraction of sp³-hybridized carbons (Fsp3) is 0.545.